The molecule has 0 saturated carbocycles. The Labute approximate surface area is 137 Å². The molecule has 0 unspecified atom stereocenters. The summed E-state index contributed by atoms with van der Waals surface area (Å²) in [7, 11) is 0. The maximum absolute atomic E-state index is 12.8. The van der Waals surface area contributed by atoms with Gasteiger partial charge in [-0.15, -0.1) is 10.2 Å². The zero-order valence-electron chi connectivity index (χ0n) is 12.8. The summed E-state index contributed by atoms with van der Waals surface area (Å²) in [6.07, 6.45) is 3.54. The van der Waals surface area contributed by atoms with Gasteiger partial charge in [0.05, 0.1) is 6.54 Å². The second-order valence-corrected chi connectivity index (χ2v) is 5.10. The standard InChI is InChI=1S/C16H15FN6O/c17-14-5-3-12(4-6-14)10-19-15(24)7-9-23-21-16(20-22-23)13-2-1-8-18-11-13/h1-6,8,11H,7,9-10H2,(H,19,24). The molecule has 1 aromatic carbocycles. The Kier molecular flexibility index (Phi) is 4.85. The van der Waals surface area contributed by atoms with Crippen molar-refractivity contribution in [2.24, 2.45) is 0 Å². The zero-order chi connectivity index (χ0) is 16.8. The van der Waals surface area contributed by atoms with Gasteiger partial charge in [-0.3, -0.25) is 9.78 Å². The first-order valence-electron chi connectivity index (χ1n) is 7.40. The summed E-state index contributed by atoms with van der Waals surface area (Å²) in [4.78, 5) is 17.2. The summed E-state index contributed by atoms with van der Waals surface area (Å²) < 4.78 is 12.8. The molecule has 0 saturated heterocycles. The molecule has 0 bridgehead atoms. The van der Waals surface area contributed by atoms with Crippen molar-refractivity contribution in [1.29, 1.82) is 0 Å². The average Bonchev–Trinajstić information content (AvgIpc) is 3.09. The fourth-order valence-electron chi connectivity index (χ4n) is 2.04. The maximum atomic E-state index is 12.8. The Morgan fingerprint density at radius 3 is 2.79 bits per heavy atom. The molecule has 0 atom stereocenters. The van der Waals surface area contributed by atoms with Crippen molar-refractivity contribution in [2.75, 3.05) is 0 Å². The number of hydrogen-bond donors (Lipinski definition) is 1. The number of tetrazole rings is 1. The highest BCUT2D eigenvalue weighted by Gasteiger charge is 2.07. The van der Waals surface area contributed by atoms with Gasteiger partial charge in [0, 0.05) is 30.9 Å². The lowest BCUT2D eigenvalue weighted by Crippen LogP contribution is -2.24. The number of nitrogens with zero attached hydrogens (tertiary/aromatic N) is 5. The third-order valence-corrected chi connectivity index (χ3v) is 3.31. The van der Waals surface area contributed by atoms with Gasteiger partial charge < -0.3 is 5.32 Å². The fraction of sp³-hybridized carbons (Fsp3) is 0.188. The molecule has 0 aliphatic rings. The van der Waals surface area contributed by atoms with E-state index in [2.05, 4.69) is 25.7 Å². The smallest absolute Gasteiger partial charge is 0.222 e. The molecule has 2 aromatic heterocycles. The SMILES string of the molecule is O=C(CCn1nnc(-c2cccnc2)n1)NCc1ccc(F)cc1. The van der Waals surface area contributed by atoms with E-state index in [1.54, 1.807) is 30.6 Å². The number of aromatic nitrogens is 5. The number of rotatable bonds is 6. The highest BCUT2D eigenvalue weighted by atomic mass is 19.1. The summed E-state index contributed by atoms with van der Waals surface area (Å²) >= 11 is 0. The molecule has 0 fully saturated rings. The molecule has 0 radical (unpaired) electrons. The normalized spacial score (nSPS) is 10.5. The van der Waals surface area contributed by atoms with Crippen LogP contribution in [0.25, 0.3) is 11.4 Å². The van der Waals surface area contributed by atoms with Gasteiger partial charge in [0.15, 0.2) is 0 Å². The van der Waals surface area contributed by atoms with Crippen molar-refractivity contribution >= 4 is 5.91 Å². The van der Waals surface area contributed by atoms with Crippen molar-refractivity contribution in [1.82, 2.24) is 30.5 Å². The number of halogens is 1. The van der Waals surface area contributed by atoms with Gasteiger partial charge in [0.2, 0.25) is 11.7 Å². The second kappa shape index (κ2) is 7.40. The van der Waals surface area contributed by atoms with Gasteiger partial charge in [-0.2, -0.15) is 4.80 Å². The predicted molar refractivity (Wildman–Crippen MR) is 83.9 cm³/mol. The Morgan fingerprint density at radius 1 is 1.21 bits per heavy atom. The van der Waals surface area contributed by atoms with Crippen LogP contribution in [0.1, 0.15) is 12.0 Å². The zero-order valence-corrected chi connectivity index (χ0v) is 12.8. The topological polar surface area (TPSA) is 85.6 Å². The van der Waals surface area contributed by atoms with E-state index >= 15 is 0 Å². The van der Waals surface area contributed by atoms with Crippen LogP contribution in [0.4, 0.5) is 4.39 Å². The lowest BCUT2D eigenvalue weighted by atomic mass is 10.2. The van der Waals surface area contributed by atoms with E-state index < -0.39 is 0 Å². The van der Waals surface area contributed by atoms with Crippen molar-refractivity contribution in [3.05, 3.63) is 60.2 Å². The van der Waals surface area contributed by atoms with Gasteiger partial charge >= 0.3 is 0 Å². The maximum Gasteiger partial charge on any atom is 0.222 e. The molecule has 0 aliphatic carbocycles. The molecule has 8 heteroatoms. The van der Waals surface area contributed by atoms with Gasteiger partial charge in [-0.05, 0) is 35.0 Å². The van der Waals surface area contributed by atoms with Crippen LogP contribution < -0.4 is 5.32 Å². The fourth-order valence-corrected chi connectivity index (χ4v) is 2.04. The summed E-state index contributed by atoms with van der Waals surface area (Å²) in [5, 5.41) is 14.8. The number of pyridine rings is 1. The molecular weight excluding hydrogens is 311 g/mol. The lowest BCUT2D eigenvalue weighted by Gasteiger charge is -2.05. The number of carbonyl (C=O) groups is 1. The molecule has 0 aliphatic heterocycles. The first-order chi connectivity index (χ1) is 11.7. The third kappa shape index (κ3) is 4.19. The van der Waals surface area contributed by atoms with Crippen LogP contribution in [0.3, 0.4) is 0 Å². The number of aryl methyl sites for hydroxylation is 1. The molecular formula is C16H15FN6O. The number of carbonyl (C=O) groups excluding carboxylic acids is 1. The van der Waals surface area contributed by atoms with E-state index in [1.165, 1.54) is 16.9 Å². The largest absolute Gasteiger partial charge is 0.352 e. The van der Waals surface area contributed by atoms with Crippen molar-refractivity contribution in [3.8, 4) is 11.4 Å². The molecule has 0 spiro atoms. The van der Waals surface area contributed by atoms with E-state index in [0.717, 1.165) is 11.1 Å². The summed E-state index contributed by atoms with van der Waals surface area (Å²) in [6.45, 7) is 0.674. The highest BCUT2D eigenvalue weighted by molar-refractivity contribution is 5.75. The number of amides is 1. The third-order valence-electron chi connectivity index (χ3n) is 3.31. The molecule has 3 rings (SSSR count). The van der Waals surface area contributed by atoms with E-state index in [9.17, 15) is 9.18 Å². The monoisotopic (exact) mass is 326 g/mol. The molecule has 2 heterocycles. The van der Waals surface area contributed by atoms with Crippen LogP contribution in [0.5, 0.6) is 0 Å². The lowest BCUT2D eigenvalue weighted by molar-refractivity contribution is -0.121. The molecule has 1 N–H and O–H groups in total. The van der Waals surface area contributed by atoms with E-state index in [4.69, 9.17) is 0 Å². The van der Waals surface area contributed by atoms with Crippen LogP contribution >= 0.6 is 0 Å². The molecule has 24 heavy (non-hydrogen) atoms. The van der Waals surface area contributed by atoms with Crippen molar-refractivity contribution in [2.45, 2.75) is 19.5 Å². The Morgan fingerprint density at radius 2 is 2.04 bits per heavy atom. The Balaban J connectivity index is 1.48. The van der Waals surface area contributed by atoms with Crippen LogP contribution in [0, 0.1) is 5.82 Å². The van der Waals surface area contributed by atoms with E-state index in [-0.39, 0.29) is 18.1 Å². The first-order valence-corrected chi connectivity index (χ1v) is 7.40. The van der Waals surface area contributed by atoms with Crippen LogP contribution in [-0.2, 0) is 17.9 Å². The number of nitrogens with one attached hydrogen (secondary N) is 1. The molecule has 7 nitrogen and oxygen atoms in total. The van der Waals surface area contributed by atoms with E-state index in [1.807, 2.05) is 6.07 Å². The molecule has 1 amide bonds. The number of benzene rings is 1. The van der Waals surface area contributed by atoms with Gasteiger partial charge in [0.25, 0.3) is 0 Å². The highest BCUT2D eigenvalue weighted by Crippen LogP contribution is 2.10. The van der Waals surface area contributed by atoms with Crippen molar-refractivity contribution < 1.29 is 9.18 Å². The second-order valence-electron chi connectivity index (χ2n) is 5.10. The Bertz CT molecular complexity index is 803. The minimum atomic E-state index is -0.299. The Hall–Kier alpha value is -3.16. The first kappa shape index (κ1) is 15.7. The minimum Gasteiger partial charge on any atom is -0.352 e. The number of hydrogen-bond acceptors (Lipinski definition) is 5. The van der Waals surface area contributed by atoms with Gasteiger partial charge in [-0.25, -0.2) is 4.39 Å². The van der Waals surface area contributed by atoms with Gasteiger partial charge in [-0.1, -0.05) is 12.1 Å². The van der Waals surface area contributed by atoms with Gasteiger partial charge in [0.1, 0.15) is 5.82 Å². The van der Waals surface area contributed by atoms with Crippen LogP contribution in [0.2, 0.25) is 0 Å². The van der Waals surface area contributed by atoms with Crippen LogP contribution in [-0.4, -0.2) is 31.1 Å². The summed E-state index contributed by atoms with van der Waals surface area (Å²) in [6, 6.07) is 9.62. The summed E-state index contributed by atoms with van der Waals surface area (Å²) in [5.41, 5.74) is 1.60. The van der Waals surface area contributed by atoms with E-state index in [0.29, 0.717) is 18.9 Å². The molecule has 122 valence electrons. The quantitative estimate of drug-likeness (QED) is 0.743. The minimum absolute atomic E-state index is 0.139. The predicted octanol–water partition coefficient (Wildman–Crippen LogP) is 1.58. The van der Waals surface area contributed by atoms with Crippen LogP contribution in [0.15, 0.2) is 48.8 Å². The summed E-state index contributed by atoms with van der Waals surface area (Å²) in [5.74, 6) is 0.0288. The van der Waals surface area contributed by atoms with Crippen molar-refractivity contribution in [3.63, 3.8) is 0 Å². The average molecular weight is 326 g/mol. The molecule has 3 aromatic rings.